The lowest BCUT2D eigenvalue weighted by Gasteiger charge is -2.22. The first-order chi connectivity index (χ1) is 8.79. The molecular formula is C15H26N2O. The van der Waals surface area contributed by atoms with Gasteiger partial charge in [-0.15, -0.1) is 0 Å². The van der Waals surface area contributed by atoms with Crippen LogP contribution in [0, 0.1) is 23.7 Å². The van der Waals surface area contributed by atoms with Crippen LogP contribution in [0.15, 0.2) is 0 Å². The number of rotatable bonds is 4. The first-order valence-electron chi connectivity index (χ1n) is 7.79. The van der Waals surface area contributed by atoms with Gasteiger partial charge in [0.05, 0.1) is 0 Å². The fourth-order valence-electron chi connectivity index (χ4n) is 4.01. The smallest absolute Gasteiger partial charge is 0.223 e. The van der Waals surface area contributed by atoms with Gasteiger partial charge in [-0.05, 0) is 37.1 Å². The molecule has 3 aliphatic rings. The van der Waals surface area contributed by atoms with Crippen LogP contribution in [0.5, 0.6) is 0 Å². The second-order valence-corrected chi connectivity index (χ2v) is 6.45. The standard InChI is InChI=1S/C15H26N2O/c1-2-17-9-12-13(10-17)14(12)15(18)16-8-11-6-4-3-5-7-11/h11-14H,2-10H2,1H3,(H,16,18). The fourth-order valence-corrected chi connectivity index (χ4v) is 4.01. The largest absolute Gasteiger partial charge is 0.356 e. The number of nitrogens with zero attached hydrogens (tertiary/aromatic N) is 1. The number of hydrogen-bond acceptors (Lipinski definition) is 2. The van der Waals surface area contributed by atoms with Crippen molar-refractivity contribution in [1.82, 2.24) is 10.2 Å². The molecule has 1 aliphatic heterocycles. The highest BCUT2D eigenvalue weighted by Crippen LogP contribution is 2.51. The Hall–Kier alpha value is -0.570. The van der Waals surface area contributed by atoms with Crippen LogP contribution in [-0.4, -0.2) is 37.0 Å². The lowest BCUT2D eigenvalue weighted by molar-refractivity contribution is -0.123. The summed E-state index contributed by atoms with van der Waals surface area (Å²) in [5.74, 6) is 2.82. The summed E-state index contributed by atoms with van der Waals surface area (Å²) < 4.78 is 0. The van der Waals surface area contributed by atoms with E-state index >= 15 is 0 Å². The molecule has 1 amide bonds. The van der Waals surface area contributed by atoms with E-state index in [0.717, 1.165) is 32.1 Å². The highest BCUT2D eigenvalue weighted by molar-refractivity contribution is 5.82. The summed E-state index contributed by atoms with van der Waals surface area (Å²) in [5.41, 5.74) is 0. The van der Waals surface area contributed by atoms with Gasteiger partial charge >= 0.3 is 0 Å². The Morgan fingerprint density at radius 2 is 1.83 bits per heavy atom. The van der Waals surface area contributed by atoms with Crippen molar-refractivity contribution in [3.8, 4) is 0 Å². The zero-order valence-electron chi connectivity index (χ0n) is 11.5. The molecule has 1 heterocycles. The predicted molar refractivity (Wildman–Crippen MR) is 72.2 cm³/mol. The molecule has 2 unspecified atom stereocenters. The summed E-state index contributed by atoms with van der Waals surface area (Å²) in [7, 11) is 0. The van der Waals surface area contributed by atoms with E-state index in [0.29, 0.717) is 23.7 Å². The molecule has 3 nitrogen and oxygen atoms in total. The van der Waals surface area contributed by atoms with Crippen LogP contribution in [0.3, 0.4) is 0 Å². The molecule has 3 heteroatoms. The average Bonchev–Trinajstić information content (AvgIpc) is 2.92. The van der Waals surface area contributed by atoms with Gasteiger partial charge in [0.1, 0.15) is 0 Å². The van der Waals surface area contributed by atoms with E-state index in [2.05, 4.69) is 17.1 Å². The Kier molecular flexibility index (Phi) is 3.60. The van der Waals surface area contributed by atoms with Gasteiger partial charge in [-0.2, -0.15) is 0 Å². The van der Waals surface area contributed by atoms with E-state index < -0.39 is 0 Å². The van der Waals surface area contributed by atoms with E-state index in [1.807, 2.05) is 0 Å². The SMILES string of the molecule is CCN1CC2C(C1)C2C(=O)NCC1CCCCC1. The van der Waals surface area contributed by atoms with Gasteiger partial charge in [0.25, 0.3) is 0 Å². The third-order valence-electron chi connectivity index (χ3n) is 5.31. The quantitative estimate of drug-likeness (QED) is 0.826. The molecule has 2 atom stereocenters. The molecule has 3 rings (SSSR count). The van der Waals surface area contributed by atoms with Crippen LogP contribution >= 0.6 is 0 Å². The van der Waals surface area contributed by atoms with Crippen LogP contribution in [0.1, 0.15) is 39.0 Å². The molecule has 1 N–H and O–H groups in total. The van der Waals surface area contributed by atoms with E-state index in [1.165, 1.54) is 32.1 Å². The van der Waals surface area contributed by atoms with Gasteiger partial charge in [-0.3, -0.25) is 4.79 Å². The van der Waals surface area contributed by atoms with Gasteiger partial charge in [-0.1, -0.05) is 26.2 Å². The van der Waals surface area contributed by atoms with Gasteiger partial charge in [0.2, 0.25) is 5.91 Å². The van der Waals surface area contributed by atoms with Crippen molar-refractivity contribution in [2.45, 2.75) is 39.0 Å². The molecule has 0 radical (unpaired) electrons. The molecule has 0 aromatic heterocycles. The van der Waals surface area contributed by atoms with Crippen molar-refractivity contribution in [2.24, 2.45) is 23.7 Å². The topological polar surface area (TPSA) is 32.3 Å². The van der Waals surface area contributed by atoms with Crippen molar-refractivity contribution in [1.29, 1.82) is 0 Å². The summed E-state index contributed by atoms with van der Waals surface area (Å²) in [5, 5.41) is 3.22. The van der Waals surface area contributed by atoms with E-state index in [-0.39, 0.29) is 0 Å². The predicted octanol–water partition coefficient (Wildman–Crippen LogP) is 1.88. The average molecular weight is 250 g/mol. The van der Waals surface area contributed by atoms with Crippen LogP contribution in [-0.2, 0) is 4.79 Å². The van der Waals surface area contributed by atoms with Gasteiger partial charge in [0.15, 0.2) is 0 Å². The number of likely N-dealkylation sites (tertiary alicyclic amines) is 1. The summed E-state index contributed by atoms with van der Waals surface area (Å²) in [6.07, 6.45) is 6.76. The van der Waals surface area contributed by atoms with Crippen molar-refractivity contribution in [3.63, 3.8) is 0 Å². The summed E-state index contributed by atoms with van der Waals surface area (Å²) >= 11 is 0. The Morgan fingerprint density at radius 1 is 1.17 bits per heavy atom. The van der Waals surface area contributed by atoms with Crippen molar-refractivity contribution < 1.29 is 4.79 Å². The van der Waals surface area contributed by atoms with Crippen LogP contribution in [0.2, 0.25) is 0 Å². The Bertz CT molecular complexity index is 300. The maximum atomic E-state index is 12.1. The van der Waals surface area contributed by atoms with Gasteiger partial charge in [-0.25, -0.2) is 0 Å². The molecule has 3 fully saturated rings. The minimum absolute atomic E-state index is 0.353. The van der Waals surface area contributed by atoms with Gasteiger partial charge < -0.3 is 10.2 Å². The number of nitrogens with one attached hydrogen (secondary N) is 1. The molecule has 102 valence electrons. The molecule has 0 spiro atoms. The van der Waals surface area contributed by atoms with Crippen molar-refractivity contribution in [3.05, 3.63) is 0 Å². The number of carbonyl (C=O) groups excluding carboxylic acids is 1. The molecule has 2 saturated carbocycles. The number of fused-ring (bicyclic) bond motifs is 1. The van der Waals surface area contributed by atoms with E-state index in [4.69, 9.17) is 0 Å². The normalized spacial score (nSPS) is 36.4. The molecule has 18 heavy (non-hydrogen) atoms. The fraction of sp³-hybridized carbons (Fsp3) is 0.933. The van der Waals surface area contributed by atoms with E-state index in [9.17, 15) is 4.79 Å². The highest BCUT2D eigenvalue weighted by Gasteiger charge is 2.58. The first kappa shape index (κ1) is 12.5. The van der Waals surface area contributed by atoms with Crippen molar-refractivity contribution >= 4 is 5.91 Å². The maximum Gasteiger partial charge on any atom is 0.223 e. The number of carbonyl (C=O) groups is 1. The monoisotopic (exact) mass is 250 g/mol. The third-order valence-corrected chi connectivity index (χ3v) is 5.31. The summed E-state index contributed by atoms with van der Waals surface area (Å²) in [6, 6.07) is 0. The molecule has 2 aliphatic carbocycles. The Labute approximate surface area is 110 Å². The number of amides is 1. The molecule has 0 bridgehead atoms. The zero-order chi connectivity index (χ0) is 12.5. The van der Waals surface area contributed by atoms with E-state index in [1.54, 1.807) is 0 Å². The molecule has 0 aromatic carbocycles. The lowest BCUT2D eigenvalue weighted by atomic mass is 9.89. The lowest BCUT2D eigenvalue weighted by Crippen LogP contribution is -2.34. The second kappa shape index (κ2) is 5.20. The van der Waals surface area contributed by atoms with Crippen molar-refractivity contribution in [2.75, 3.05) is 26.2 Å². The maximum absolute atomic E-state index is 12.1. The minimum atomic E-state index is 0.353. The molecular weight excluding hydrogens is 224 g/mol. The molecule has 1 saturated heterocycles. The Morgan fingerprint density at radius 3 is 2.44 bits per heavy atom. The number of hydrogen-bond donors (Lipinski definition) is 1. The second-order valence-electron chi connectivity index (χ2n) is 6.45. The summed E-state index contributed by atoms with van der Waals surface area (Å²) in [4.78, 5) is 14.6. The first-order valence-corrected chi connectivity index (χ1v) is 7.79. The van der Waals surface area contributed by atoms with Crippen LogP contribution < -0.4 is 5.32 Å². The molecule has 0 aromatic rings. The minimum Gasteiger partial charge on any atom is -0.356 e. The highest BCUT2D eigenvalue weighted by atomic mass is 16.2. The third kappa shape index (κ3) is 2.42. The van der Waals surface area contributed by atoms with Gasteiger partial charge in [0, 0.05) is 25.6 Å². The Balaban J connectivity index is 1.39. The van der Waals surface area contributed by atoms with Crippen LogP contribution in [0.4, 0.5) is 0 Å². The zero-order valence-corrected chi connectivity index (χ0v) is 11.5. The number of piperidine rings is 1. The van der Waals surface area contributed by atoms with Crippen LogP contribution in [0.25, 0.3) is 0 Å². The summed E-state index contributed by atoms with van der Waals surface area (Å²) in [6.45, 7) is 6.60.